The van der Waals surface area contributed by atoms with Crippen molar-refractivity contribution < 1.29 is 13.9 Å². The molecule has 2 aromatic rings. The summed E-state index contributed by atoms with van der Waals surface area (Å²) in [5.74, 6) is -0.327. The molecule has 0 amide bonds. The lowest BCUT2D eigenvalue weighted by Crippen LogP contribution is -2.04. The van der Waals surface area contributed by atoms with E-state index in [1.165, 1.54) is 12.3 Å². The molecule has 1 aromatic heterocycles. The molecule has 0 aliphatic carbocycles. The fraction of sp³-hybridized carbons (Fsp3) is 0.167. The van der Waals surface area contributed by atoms with Gasteiger partial charge in [0.25, 0.3) is 0 Å². The van der Waals surface area contributed by atoms with Crippen molar-refractivity contribution in [1.82, 2.24) is 9.97 Å². The van der Waals surface area contributed by atoms with E-state index in [0.29, 0.717) is 22.5 Å². The van der Waals surface area contributed by atoms with Crippen LogP contribution in [0, 0.1) is 5.82 Å². The van der Waals surface area contributed by atoms with Gasteiger partial charge in [-0.1, -0.05) is 0 Å². The maximum Gasteiger partial charge on any atom is 0.356 e. The number of H-pyrrole nitrogens is 1. The lowest BCUT2D eigenvalue weighted by Gasteiger charge is -2.00. The largest absolute Gasteiger partial charge is 0.461 e. The highest BCUT2D eigenvalue weighted by atomic mass is 79.9. The molecule has 6 heteroatoms. The Balaban J connectivity index is 2.29. The van der Waals surface area contributed by atoms with Gasteiger partial charge >= 0.3 is 5.97 Å². The molecule has 0 spiro atoms. The van der Waals surface area contributed by atoms with Gasteiger partial charge in [-0.25, -0.2) is 14.2 Å². The van der Waals surface area contributed by atoms with Crippen LogP contribution in [0.2, 0.25) is 0 Å². The summed E-state index contributed by atoms with van der Waals surface area (Å²) in [6.45, 7) is 2.03. The molecule has 0 unspecified atom stereocenters. The van der Waals surface area contributed by atoms with E-state index in [1.54, 1.807) is 19.1 Å². The zero-order valence-electron chi connectivity index (χ0n) is 9.54. The van der Waals surface area contributed by atoms with Crippen molar-refractivity contribution in [3.63, 3.8) is 0 Å². The van der Waals surface area contributed by atoms with E-state index in [4.69, 9.17) is 4.74 Å². The molecule has 94 valence electrons. The van der Waals surface area contributed by atoms with E-state index >= 15 is 0 Å². The summed E-state index contributed by atoms with van der Waals surface area (Å²) in [4.78, 5) is 18.3. The molecule has 0 radical (unpaired) electrons. The first-order valence-electron chi connectivity index (χ1n) is 5.29. The van der Waals surface area contributed by atoms with Crippen molar-refractivity contribution in [1.29, 1.82) is 0 Å². The third-order valence-electron chi connectivity index (χ3n) is 2.26. The van der Waals surface area contributed by atoms with Crippen molar-refractivity contribution >= 4 is 21.9 Å². The number of esters is 1. The number of halogens is 2. The Morgan fingerprint density at radius 1 is 1.56 bits per heavy atom. The van der Waals surface area contributed by atoms with Crippen LogP contribution in [-0.4, -0.2) is 22.5 Å². The number of ether oxygens (including phenoxy) is 1. The van der Waals surface area contributed by atoms with Crippen LogP contribution in [0.3, 0.4) is 0 Å². The molecule has 0 aliphatic heterocycles. The van der Waals surface area contributed by atoms with Gasteiger partial charge in [0.15, 0.2) is 0 Å². The summed E-state index contributed by atoms with van der Waals surface area (Å²) in [6, 6.07) is 4.49. The summed E-state index contributed by atoms with van der Waals surface area (Å²) in [5, 5.41) is 0. The van der Waals surface area contributed by atoms with Crippen molar-refractivity contribution in [2.45, 2.75) is 6.92 Å². The Morgan fingerprint density at radius 3 is 3.00 bits per heavy atom. The predicted molar refractivity (Wildman–Crippen MR) is 67.6 cm³/mol. The van der Waals surface area contributed by atoms with Crippen LogP contribution in [0.15, 0.2) is 28.9 Å². The van der Waals surface area contributed by atoms with Gasteiger partial charge in [-0.15, -0.1) is 0 Å². The first kappa shape index (κ1) is 12.8. The van der Waals surface area contributed by atoms with E-state index < -0.39 is 5.97 Å². The van der Waals surface area contributed by atoms with Crippen molar-refractivity contribution in [3.05, 3.63) is 40.4 Å². The fourth-order valence-corrected chi connectivity index (χ4v) is 1.80. The Labute approximate surface area is 111 Å². The Kier molecular flexibility index (Phi) is 3.76. The zero-order chi connectivity index (χ0) is 13.1. The molecule has 1 heterocycles. The Bertz CT molecular complexity index is 583. The van der Waals surface area contributed by atoms with Crippen LogP contribution >= 0.6 is 15.9 Å². The monoisotopic (exact) mass is 312 g/mol. The van der Waals surface area contributed by atoms with Crippen molar-refractivity contribution in [3.8, 4) is 11.4 Å². The van der Waals surface area contributed by atoms with Crippen LogP contribution in [0.5, 0.6) is 0 Å². The molecule has 1 N–H and O–H groups in total. The minimum absolute atomic E-state index is 0.271. The summed E-state index contributed by atoms with van der Waals surface area (Å²) in [7, 11) is 0. The smallest absolute Gasteiger partial charge is 0.356 e. The lowest BCUT2D eigenvalue weighted by molar-refractivity contribution is 0.0520. The fourth-order valence-electron chi connectivity index (χ4n) is 1.42. The van der Waals surface area contributed by atoms with Gasteiger partial charge in [0.05, 0.1) is 17.3 Å². The maximum absolute atomic E-state index is 13.1. The van der Waals surface area contributed by atoms with Crippen LogP contribution in [0.25, 0.3) is 11.4 Å². The second-order valence-electron chi connectivity index (χ2n) is 3.49. The molecule has 0 saturated heterocycles. The van der Waals surface area contributed by atoms with Gasteiger partial charge in [-0.3, -0.25) is 0 Å². The summed E-state index contributed by atoms with van der Waals surface area (Å²) < 4.78 is 18.3. The number of carbonyl (C=O) groups excluding carboxylic acids is 1. The second kappa shape index (κ2) is 5.30. The number of aromatic nitrogens is 2. The molecular formula is C12H10BrFN2O2. The van der Waals surface area contributed by atoms with Crippen molar-refractivity contribution in [2.24, 2.45) is 0 Å². The van der Waals surface area contributed by atoms with Gasteiger partial charge in [0.1, 0.15) is 17.3 Å². The Hall–Kier alpha value is -1.69. The summed E-state index contributed by atoms with van der Waals surface area (Å²) in [6.07, 6.45) is 1.39. The van der Waals surface area contributed by atoms with Crippen LogP contribution in [0.4, 0.5) is 4.39 Å². The number of nitrogens with zero attached hydrogens (tertiary/aromatic N) is 1. The van der Waals surface area contributed by atoms with Gasteiger partial charge < -0.3 is 9.72 Å². The third kappa shape index (κ3) is 2.59. The van der Waals surface area contributed by atoms with Gasteiger partial charge in [0, 0.05) is 5.56 Å². The highest BCUT2D eigenvalue weighted by Gasteiger charge is 2.12. The number of hydrogen-bond donors (Lipinski definition) is 1. The van der Waals surface area contributed by atoms with Gasteiger partial charge in [-0.05, 0) is 41.1 Å². The van der Waals surface area contributed by atoms with Crippen molar-refractivity contribution in [2.75, 3.05) is 6.61 Å². The zero-order valence-corrected chi connectivity index (χ0v) is 11.1. The number of aromatic amines is 1. The Morgan fingerprint density at radius 2 is 2.33 bits per heavy atom. The highest BCUT2D eigenvalue weighted by molar-refractivity contribution is 9.10. The quantitative estimate of drug-likeness (QED) is 0.886. The lowest BCUT2D eigenvalue weighted by atomic mass is 10.2. The van der Waals surface area contributed by atoms with Crippen LogP contribution in [-0.2, 0) is 4.74 Å². The summed E-state index contributed by atoms with van der Waals surface area (Å²) in [5.41, 5.74) is 0.950. The minimum atomic E-state index is -0.461. The molecule has 0 fully saturated rings. The topological polar surface area (TPSA) is 55.0 Å². The minimum Gasteiger partial charge on any atom is -0.461 e. The standard InChI is InChI=1S/C12H10BrFN2O2/c1-2-18-12(17)10-6-15-11(16-10)7-3-4-9(14)8(13)5-7/h3-6H,2H2,1H3,(H,15,16). The molecule has 18 heavy (non-hydrogen) atoms. The summed E-state index contributed by atoms with van der Waals surface area (Å²) >= 11 is 3.10. The normalized spacial score (nSPS) is 10.4. The van der Waals surface area contributed by atoms with Gasteiger partial charge in [0.2, 0.25) is 0 Å². The predicted octanol–water partition coefficient (Wildman–Crippen LogP) is 3.16. The van der Waals surface area contributed by atoms with E-state index in [0.717, 1.165) is 0 Å². The SMILES string of the molecule is CCOC(=O)c1cnc(-c2ccc(F)c(Br)c2)[nH]1. The number of nitrogens with one attached hydrogen (secondary N) is 1. The van der Waals surface area contributed by atoms with E-state index in [9.17, 15) is 9.18 Å². The van der Waals surface area contributed by atoms with E-state index in [2.05, 4.69) is 25.9 Å². The maximum atomic E-state index is 13.1. The van der Waals surface area contributed by atoms with E-state index in [-0.39, 0.29) is 11.5 Å². The molecule has 1 aromatic carbocycles. The van der Waals surface area contributed by atoms with Crippen LogP contribution < -0.4 is 0 Å². The number of imidazole rings is 1. The number of carbonyl (C=O) groups is 1. The highest BCUT2D eigenvalue weighted by Crippen LogP contribution is 2.23. The molecule has 0 bridgehead atoms. The van der Waals surface area contributed by atoms with E-state index in [1.807, 2.05) is 0 Å². The molecule has 4 nitrogen and oxygen atoms in total. The molecule has 0 aliphatic rings. The van der Waals surface area contributed by atoms with Crippen LogP contribution in [0.1, 0.15) is 17.4 Å². The number of benzene rings is 1. The number of hydrogen-bond acceptors (Lipinski definition) is 3. The second-order valence-corrected chi connectivity index (χ2v) is 4.35. The first-order valence-corrected chi connectivity index (χ1v) is 6.08. The molecule has 0 atom stereocenters. The molecule has 0 saturated carbocycles. The molecular weight excluding hydrogens is 303 g/mol. The van der Waals surface area contributed by atoms with Gasteiger partial charge in [-0.2, -0.15) is 0 Å². The third-order valence-corrected chi connectivity index (χ3v) is 2.87. The average molecular weight is 313 g/mol. The average Bonchev–Trinajstić information content (AvgIpc) is 2.82. The first-order chi connectivity index (χ1) is 8.61. The number of rotatable bonds is 3. The molecule has 2 rings (SSSR count).